The standard InChI is InChI=1S/C24H21N3O5S2/c1-31-16-9-7-15(8-10-16)13-27-22(29)21-19(11-12-33-21)26-24(27)34-14-20(28)25-18-6-4-3-5-17(18)23(30)32-2/h3-12H,13-14H2,1-2H3,(H,25,28). The van der Waals surface area contributed by atoms with Crippen LogP contribution >= 0.6 is 23.1 Å². The molecule has 2 heterocycles. The average Bonchev–Trinajstić information content (AvgIpc) is 3.34. The van der Waals surface area contributed by atoms with E-state index in [1.165, 1.54) is 18.4 Å². The molecule has 0 bridgehead atoms. The van der Waals surface area contributed by atoms with E-state index in [0.29, 0.717) is 27.6 Å². The minimum atomic E-state index is -0.540. The molecule has 0 saturated heterocycles. The number of thioether (sulfide) groups is 1. The number of nitrogens with zero attached hydrogens (tertiary/aromatic N) is 2. The molecule has 2 aromatic carbocycles. The van der Waals surface area contributed by atoms with Gasteiger partial charge in [-0.05, 0) is 41.3 Å². The fraction of sp³-hybridized carbons (Fsp3) is 0.167. The predicted molar refractivity (Wildman–Crippen MR) is 133 cm³/mol. The van der Waals surface area contributed by atoms with Crippen LogP contribution in [0.25, 0.3) is 10.2 Å². The van der Waals surface area contributed by atoms with Crippen LogP contribution in [0.4, 0.5) is 5.69 Å². The van der Waals surface area contributed by atoms with E-state index in [-0.39, 0.29) is 22.8 Å². The van der Waals surface area contributed by atoms with Crippen LogP contribution in [0.5, 0.6) is 5.75 Å². The zero-order valence-electron chi connectivity index (χ0n) is 18.4. The van der Waals surface area contributed by atoms with Gasteiger partial charge in [0.05, 0.1) is 43.3 Å². The Hall–Kier alpha value is -3.63. The molecule has 2 aromatic heterocycles. The topological polar surface area (TPSA) is 99.5 Å². The Morgan fingerprint density at radius 2 is 1.85 bits per heavy atom. The Morgan fingerprint density at radius 3 is 2.59 bits per heavy atom. The lowest BCUT2D eigenvalue weighted by molar-refractivity contribution is -0.113. The average molecular weight is 496 g/mol. The molecule has 1 amide bonds. The van der Waals surface area contributed by atoms with Crippen LogP contribution in [-0.2, 0) is 16.1 Å². The molecule has 0 saturated carbocycles. The minimum Gasteiger partial charge on any atom is -0.497 e. The summed E-state index contributed by atoms with van der Waals surface area (Å²) in [6, 6.07) is 15.8. The summed E-state index contributed by atoms with van der Waals surface area (Å²) in [5.41, 5.74) is 1.96. The number of carbonyl (C=O) groups excluding carboxylic acids is 2. The Bertz CT molecular complexity index is 1400. The van der Waals surface area contributed by atoms with Gasteiger partial charge in [0.1, 0.15) is 10.4 Å². The van der Waals surface area contributed by atoms with Crippen molar-refractivity contribution in [3.8, 4) is 5.75 Å². The number of para-hydroxylation sites is 1. The second-order valence-electron chi connectivity index (χ2n) is 7.14. The first-order chi connectivity index (χ1) is 16.5. The lowest BCUT2D eigenvalue weighted by atomic mass is 10.2. The molecule has 0 spiro atoms. The molecule has 4 rings (SSSR count). The fourth-order valence-corrected chi connectivity index (χ4v) is 4.86. The van der Waals surface area contributed by atoms with E-state index in [0.717, 1.165) is 23.1 Å². The number of rotatable bonds is 8. The molecule has 1 N–H and O–H groups in total. The monoisotopic (exact) mass is 495 g/mol. The number of esters is 1. The Kier molecular flexibility index (Phi) is 7.29. The third-order valence-corrected chi connectivity index (χ3v) is 6.84. The summed E-state index contributed by atoms with van der Waals surface area (Å²) in [4.78, 5) is 42.4. The second-order valence-corrected chi connectivity index (χ2v) is 9.00. The lowest BCUT2D eigenvalue weighted by Gasteiger charge is -2.13. The van der Waals surface area contributed by atoms with E-state index >= 15 is 0 Å². The maximum atomic E-state index is 13.2. The molecule has 4 aromatic rings. The number of hydrogen-bond acceptors (Lipinski definition) is 8. The van der Waals surface area contributed by atoms with Crippen LogP contribution in [0.3, 0.4) is 0 Å². The third-order valence-electron chi connectivity index (χ3n) is 4.97. The molecule has 0 fully saturated rings. The van der Waals surface area contributed by atoms with E-state index in [1.54, 1.807) is 42.0 Å². The molecule has 174 valence electrons. The van der Waals surface area contributed by atoms with E-state index in [2.05, 4.69) is 10.3 Å². The number of benzene rings is 2. The number of fused-ring (bicyclic) bond motifs is 1. The van der Waals surface area contributed by atoms with Crippen molar-refractivity contribution in [2.24, 2.45) is 0 Å². The van der Waals surface area contributed by atoms with Crippen molar-refractivity contribution in [1.29, 1.82) is 0 Å². The predicted octanol–water partition coefficient (Wildman–Crippen LogP) is 4.03. The first kappa shape index (κ1) is 23.5. The highest BCUT2D eigenvalue weighted by Crippen LogP contribution is 2.23. The van der Waals surface area contributed by atoms with Gasteiger partial charge >= 0.3 is 5.97 Å². The molecule has 0 atom stereocenters. The van der Waals surface area contributed by atoms with Crippen LogP contribution in [0, 0.1) is 0 Å². The van der Waals surface area contributed by atoms with Crippen LogP contribution in [-0.4, -0.2) is 41.4 Å². The normalized spacial score (nSPS) is 10.8. The molecule has 0 aliphatic heterocycles. The van der Waals surface area contributed by atoms with Crippen molar-refractivity contribution in [1.82, 2.24) is 9.55 Å². The third kappa shape index (κ3) is 5.13. The maximum absolute atomic E-state index is 13.2. The SMILES string of the molecule is COC(=O)c1ccccc1NC(=O)CSc1nc2ccsc2c(=O)n1Cc1ccc(OC)cc1. The summed E-state index contributed by atoms with van der Waals surface area (Å²) in [5, 5.41) is 4.99. The number of ether oxygens (including phenoxy) is 2. The van der Waals surface area contributed by atoms with Gasteiger partial charge in [-0.3, -0.25) is 14.2 Å². The van der Waals surface area contributed by atoms with Crippen molar-refractivity contribution >= 4 is 50.9 Å². The number of thiophene rings is 1. The number of amides is 1. The molecule has 34 heavy (non-hydrogen) atoms. The number of hydrogen-bond donors (Lipinski definition) is 1. The zero-order valence-corrected chi connectivity index (χ0v) is 20.1. The van der Waals surface area contributed by atoms with Crippen molar-refractivity contribution in [2.75, 3.05) is 25.3 Å². The summed E-state index contributed by atoms with van der Waals surface area (Å²) >= 11 is 2.50. The molecule has 0 aliphatic carbocycles. The summed E-state index contributed by atoms with van der Waals surface area (Å²) in [7, 11) is 2.88. The molecular formula is C24H21N3O5S2. The second kappa shape index (κ2) is 10.5. The zero-order chi connectivity index (χ0) is 24.1. The lowest BCUT2D eigenvalue weighted by Crippen LogP contribution is -2.24. The van der Waals surface area contributed by atoms with Gasteiger partial charge in [-0.2, -0.15) is 0 Å². The van der Waals surface area contributed by atoms with Gasteiger partial charge in [0.15, 0.2) is 5.16 Å². The molecular weight excluding hydrogens is 474 g/mol. The number of nitrogens with one attached hydrogen (secondary N) is 1. The van der Waals surface area contributed by atoms with Crippen molar-refractivity contribution < 1.29 is 19.1 Å². The van der Waals surface area contributed by atoms with Crippen LogP contribution in [0.1, 0.15) is 15.9 Å². The Morgan fingerprint density at radius 1 is 1.09 bits per heavy atom. The number of aromatic nitrogens is 2. The van der Waals surface area contributed by atoms with Gasteiger partial charge in [0.25, 0.3) is 5.56 Å². The van der Waals surface area contributed by atoms with E-state index < -0.39 is 5.97 Å². The van der Waals surface area contributed by atoms with E-state index in [9.17, 15) is 14.4 Å². The van der Waals surface area contributed by atoms with Gasteiger partial charge in [-0.15, -0.1) is 11.3 Å². The highest BCUT2D eigenvalue weighted by atomic mass is 32.2. The number of methoxy groups -OCH3 is 2. The van der Waals surface area contributed by atoms with Gasteiger partial charge in [-0.1, -0.05) is 36.0 Å². The van der Waals surface area contributed by atoms with Crippen molar-refractivity contribution in [2.45, 2.75) is 11.7 Å². The van der Waals surface area contributed by atoms with Crippen molar-refractivity contribution in [3.63, 3.8) is 0 Å². The van der Waals surface area contributed by atoms with Gasteiger partial charge in [0, 0.05) is 0 Å². The summed E-state index contributed by atoms with van der Waals surface area (Å²) < 4.78 is 12.1. The summed E-state index contributed by atoms with van der Waals surface area (Å²) in [5.74, 6) is -0.153. The summed E-state index contributed by atoms with van der Waals surface area (Å²) in [6.45, 7) is 0.304. The van der Waals surface area contributed by atoms with Crippen LogP contribution in [0.2, 0.25) is 0 Å². The highest BCUT2D eigenvalue weighted by Gasteiger charge is 2.17. The maximum Gasteiger partial charge on any atom is 0.339 e. The largest absolute Gasteiger partial charge is 0.497 e. The van der Waals surface area contributed by atoms with Crippen LogP contribution < -0.4 is 15.6 Å². The smallest absolute Gasteiger partial charge is 0.339 e. The van der Waals surface area contributed by atoms with E-state index in [1.807, 2.05) is 29.6 Å². The van der Waals surface area contributed by atoms with Gasteiger partial charge in [-0.25, -0.2) is 9.78 Å². The Balaban J connectivity index is 1.57. The number of anilines is 1. The molecule has 0 aliphatic rings. The summed E-state index contributed by atoms with van der Waals surface area (Å²) in [6.07, 6.45) is 0. The molecule has 0 unspecified atom stereocenters. The number of carbonyl (C=O) groups is 2. The first-order valence-corrected chi connectivity index (χ1v) is 12.1. The quantitative estimate of drug-likeness (QED) is 0.224. The molecule has 0 radical (unpaired) electrons. The van der Waals surface area contributed by atoms with Gasteiger partial charge in [0.2, 0.25) is 5.91 Å². The first-order valence-electron chi connectivity index (χ1n) is 10.2. The Labute approximate surface area is 203 Å². The van der Waals surface area contributed by atoms with Gasteiger partial charge < -0.3 is 14.8 Å². The van der Waals surface area contributed by atoms with Crippen LogP contribution in [0.15, 0.2) is 69.9 Å². The molecule has 10 heteroatoms. The molecule has 8 nitrogen and oxygen atoms in total. The minimum absolute atomic E-state index is 0.000202. The highest BCUT2D eigenvalue weighted by molar-refractivity contribution is 7.99. The van der Waals surface area contributed by atoms with E-state index in [4.69, 9.17) is 9.47 Å². The van der Waals surface area contributed by atoms with Crippen molar-refractivity contribution in [3.05, 3.63) is 81.5 Å². The fourth-order valence-electron chi connectivity index (χ4n) is 3.28.